The molecule has 1 aliphatic heterocycles. The number of hydrogen-bond donors (Lipinski definition) is 1. The highest BCUT2D eigenvalue weighted by Gasteiger charge is 2.34. The molecular weight excluding hydrogens is 261 g/mol. The van der Waals surface area contributed by atoms with Crippen LogP contribution >= 0.6 is 0 Å². The average molecular weight is 279 g/mol. The molecule has 20 heavy (non-hydrogen) atoms. The molecule has 0 amide bonds. The van der Waals surface area contributed by atoms with Crippen molar-refractivity contribution in [2.24, 2.45) is 5.92 Å². The molecule has 0 bridgehead atoms. The maximum atomic E-state index is 13.1. The van der Waals surface area contributed by atoms with Gasteiger partial charge in [0, 0.05) is 19.1 Å². The van der Waals surface area contributed by atoms with Crippen molar-refractivity contribution in [1.29, 1.82) is 0 Å². The van der Waals surface area contributed by atoms with Crippen LogP contribution in [0.5, 0.6) is 0 Å². The first-order valence-corrected chi connectivity index (χ1v) is 7.05. The molecule has 5 nitrogen and oxygen atoms in total. The number of nitro benzene ring substituents is 1. The van der Waals surface area contributed by atoms with Gasteiger partial charge < -0.3 is 10.2 Å². The van der Waals surface area contributed by atoms with E-state index in [2.05, 4.69) is 10.2 Å². The molecule has 0 radical (unpaired) electrons. The van der Waals surface area contributed by atoms with Crippen LogP contribution in [0.1, 0.15) is 19.3 Å². The van der Waals surface area contributed by atoms with E-state index in [9.17, 15) is 14.5 Å². The average Bonchev–Trinajstić information content (AvgIpc) is 3.17. The number of anilines is 1. The Balaban J connectivity index is 1.59. The fourth-order valence-electron chi connectivity index (χ4n) is 2.86. The van der Waals surface area contributed by atoms with Crippen LogP contribution in [0.25, 0.3) is 0 Å². The summed E-state index contributed by atoms with van der Waals surface area (Å²) in [6.07, 6.45) is 3.74. The molecule has 1 aromatic rings. The zero-order valence-corrected chi connectivity index (χ0v) is 11.2. The minimum Gasteiger partial charge on any atom is -0.379 e. The van der Waals surface area contributed by atoms with E-state index in [1.54, 1.807) is 0 Å². The Morgan fingerprint density at radius 3 is 2.90 bits per heavy atom. The van der Waals surface area contributed by atoms with Crippen LogP contribution in [0.15, 0.2) is 18.2 Å². The van der Waals surface area contributed by atoms with E-state index in [-0.39, 0.29) is 5.69 Å². The lowest BCUT2D eigenvalue weighted by Gasteiger charge is -2.15. The number of likely N-dealkylation sites (tertiary alicyclic amines) is 1. The quantitative estimate of drug-likeness (QED) is 0.665. The van der Waals surface area contributed by atoms with Crippen LogP contribution in [0.3, 0.4) is 0 Å². The molecule has 1 aromatic carbocycles. The molecule has 1 saturated carbocycles. The van der Waals surface area contributed by atoms with Gasteiger partial charge in [0.05, 0.1) is 11.0 Å². The summed E-state index contributed by atoms with van der Waals surface area (Å²) >= 11 is 0. The van der Waals surface area contributed by atoms with Crippen molar-refractivity contribution in [3.05, 3.63) is 34.1 Å². The highest BCUT2D eigenvalue weighted by Crippen LogP contribution is 2.32. The van der Waals surface area contributed by atoms with Crippen molar-refractivity contribution in [3.63, 3.8) is 0 Å². The second-order valence-electron chi connectivity index (χ2n) is 5.68. The minimum absolute atomic E-state index is 0.193. The van der Waals surface area contributed by atoms with Gasteiger partial charge in [-0.1, -0.05) is 0 Å². The summed E-state index contributed by atoms with van der Waals surface area (Å²) in [5.41, 5.74) is 0.211. The van der Waals surface area contributed by atoms with Gasteiger partial charge in [0.15, 0.2) is 0 Å². The third-order valence-corrected chi connectivity index (χ3v) is 4.12. The fraction of sp³-hybridized carbons (Fsp3) is 0.571. The first-order valence-electron chi connectivity index (χ1n) is 7.05. The van der Waals surface area contributed by atoms with Crippen LogP contribution in [0.4, 0.5) is 15.8 Å². The molecule has 108 valence electrons. The molecule has 2 aliphatic rings. The summed E-state index contributed by atoms with van der Waals surface area (Å²) in [7, 11) is 0. The molecule has 1 atom stereocenters. The summed E-state index contributed by atoms with van der Waals surface area (Å²) in [5.74, 6) is -0.0664. The van der Waals surface area contributed by atoms with E-state index >= 15 is 0 Å². The summed E-state index contributed by atoms with van der Waals surface area (Å²) in [6, 6.07) is 4.44. The van der Waals surface area contributed by atoms with Gasteiger partial charge in [-0.3, -0.25) is 10.1 Å². The van der Waals surface area contributed by atoms with Gasteiger partial charge in [0.2, 0.25) is 0 Å². The SMILES string of the molecule is O=[N+]([O-])c1cc(F)ccc1NCC1CCN(C2CC2)C1. The van der Waals surface area contributed by atoms with Crippen LogP contribution in [-0.2, 0) is 0 Å². The molecule has 1 aliphatic carbocycles. The van der Waals surface area contributed by atoms with Gasteiger partial charge in [-0.05, 0) is 43.9 Å². The molecular formula is C14H18FN3O2. The predicted molar refractivity (Wildman–Crippen MR) is 74.2 cm³/mol. The topological polar surface area (TPSA) is 58.4 Å². The van der Waals surface area contributed by atoms with Crippen LogP contribution in [-0.4, -0.2) is 35.5 Å². The second kappa shape index (κ2) is 5.36. The van der Waals surface area contributed by atoms with Crippen molar-refractivity contribution >= 4 is 11.4 Å². The Labute approximate surface area is 116 Å². The molecule has 6 heteroatoms. The van der Waals surface area contributed by atoms with E-state index in [1.165, 1.54) is 25.0 Å². The maximum Gasteiger partial charge on any atom is 0.295 e. The van der Waals surface area contributed by atoms with Crippen LogP contribution in [0.2, 0.25) is 0 Å². The van der Waals surface area contributed by atoms with Gasteiger partial charge in [0.1, 0.15) is 11.5 Å². The zero-order chi connectivity index (χ0) is 14.1. The molecule has 1 N–H and O–H groups in total. The normalized spacial score (nSPS) is 22.9. The maximum absolute atomic E-state index is 13.1. The number of hydrogen-bond acceptors (Lipinski definition) is 4. The van der Waals surface area contributed by atoms with Crippen LogP contribution < -0.4 is 5.32 Å². The number of nitrogens with one attached hydrogen (secondary N) is 1. The standard InChI is InChI=1S/C14H18FN3O2/c15-11-1-4-13(14(7-11)18(19)20)16-8-10-5-6-17(9-10)12-2-3-12/h1,4,7,10,12,16H,2-3,5-6,8-9H2. The highest BCUT2D eigenvalue weighted by atomic mass is 19.1. The monoisotopic (exact) mass is 279 g/mol. The Morgan fingerprint density at radius 1 is 1.40 bits per heavy atom. The Morgan fingerprint density at radius 2 is 2.20 bits per heavy atom. The second-order valence-corrected chi connectivity index (χ2v) is 5.68. The van der Waals surface area contributed by atoms with E-state index in [0.717, 1.165) is 31.6 Å². The first kappa shape index (κ1) is 13.3. The summed E-state index contributed by atoms with van der Waals surface area (Å²) in [5, 5.41) is 14.0. The fourth-order valence-corrected chi connectivity index (χ4v) is 2.86. The van der Waals surface area contributed by atoms with Crippen molar-refractivity contribution in [2.45, 2.75) is 25.3 Å². The Bertz CT molecular complexity index is 519. The van der Waals surface area contributed by atoms with E-state index in [4.69, 9.17) is 0 Å². The molecule has 1 unspecified atom stereocenters. The number of nitro groups is 1. The summed E-state index contributed by atoms with van der Waals surface area (Å²) < 4.78 is 13.1. The lowest BCUT2D eigenvalue weighted by Crippen LogP contribution is -2.24. The smallest absolute Gasteiger partial charge is 0.295 e. The lowest BCUT2D eigenvalue weighted by atomic mass is 10.1. The van der Waals surface area contributed by atoms with Crippen LogP contribution in [0, 0.1) is 21.8 Å². The summed E-state index contributed by atoms with van der Waals surface area (Å²) in [4.78, 5) is 12.9. The lowest BCUT2D eigenvalue weighted by molar-refractivity contribution is -0.384. The van der Waals surface area contributed by atoms with Crippen molar-refractivity contribution in [1.82, 2.24) is 4.90 Å². The van der Waals surface area contributed by atoms with Gasteiger partial charge in [-0.25, -0.2) is 4.39 Å². The van der Waals surface area contributed by atoms with E-state index in [1.807, 2.05) is 0 Å². The van der Waals surface area contributed by atoms with Crippen molar-refractivity contribution in [3.8, 4) is 0 Å². The number of benzene rings is 1. The van der Waals surface area contributed by atoms with Crippen molar-refractivity contribution in [2.75, 3.05) is 25.0 Å². The number of nitrogens with zero attached hydrogens (tertiary/aromatic N) is 2. The largest absolute Gasteiger partial charge is 0.379 e. The molecule has 2 fully saturated rings. The van der Waals surface area contributed by atoms with E-state index in [0.29, 0.717) is 18.2 Å². The zero-order valence-electron chi connectivity index (χ0n) is 11.2. The number of halogens is 1. The third kappa shape index (κ3) is 2.90. The molecule has 0 spiro atoms. The molecule has 1 heterocycles. The molecule has 3 rings (SSSR count). The predicted octanol–water partition coefficient (Wildman–Crippen LogP) is 2.63. The van der Waals surface area contributed by atoms with Gasteiger partial charge in [-0.2, -0.15) is 0 Å². The summed E-state index contributed by atoms with van der Waals surface area (Å²) in [6.45, 7) is 2.89. The third-order valence-electron chi connectivity index (χ3n) is 4.12. The Hall–Kier alpha value is -1.69. The number of rotatable bonds is 5. The molecule has 0 aromatic heterocycles. The van der Waals surface area contributed by atoms with Crippen molar-refractivity contribution < 1.29 is 9.31 Å². The minimum atomic E-state index is -0.581. The molecule has 1 saturated heterocycles. The Kier molecular flexibility index (Phi) is 3.56. The van der Waals surface area contributed by atoms with Gasteiger partial charge >= 0.3 is 0 Å². The highest BCUT2D eigenvalue weighted by molar-refractivity contribution is 5.61. The van der Waals surface area contributed by atoms with E-state index < -0.39 is 10.7 Å². The van der Waals surface area contributed by atoms with Gasteiger partial charge in [0.25, 0.3) is 5.69 Å². The van der Waals surface area contributed by atoms with Gasteiger partial charge in [-0.15, -0.1) is 0 Å². The first-order chi connectivity index (χ1) is 9.63.